The molecule has 0 spiro atoms. The van der Waals surface area contributed by atoms with Crippen molar-refractivity contribution in [1.82, 2.24) is 5.32 Å². The minimum atomic E-state index is 0.701. The first-order valence-electron chi connectivity index (χ1n) is 5.83. The molecule has 1 unspecified atom stereocenters. The second-order valence-electron chi connectivity index (χ2n) is 4.44. The molecule has 1 saturated heterocycles. The minimum Gasteiger partial charge on any atom is -0.370 e. The van der Waals surface area contributed by atoms with Gasteiger partial charge in [0.05, 0.1) is 17.3 Å². The highest BCUT2D eigenvalue weighted by Crippen LogP contribution is 2.31. The smallest absolute Gasteiger partial charge is 0.0992 e. The molecule has 2 rings (SSSR count). The van der Waals surface area contributed by atoms with Crippen LogP contribution in [0.15, 0.2) is 22.7 Å². The van der Waals surface area contributed by atoms with Gasteiger partial charge in [0.25, 0.3) is 0 Å². The van der Waals surface area contributed by atoms with E-state index < -0.39 is 0 Å². The van der Waals surface area contributed by atoms with Crippen LogP contribution in [0.2, 0.25) is 0 Å². The summed E-state index contributed by atoms with van der Waals surface area (Å²) >= 11 is 3.55. The quantitative estimate of drug-likeness (QED) is 0.930. The van der Waals surface area contributed by atoms with Gasteiger partial charge in [0.15, 0.2) is 0 Å². The molecular formula is C13H16BrN3. The van der Waals surface area contributed by atoms with Crippen molar-refractivity contribution < 1.29 is 0 Å². The van der Waals surface area contributed by atoms with Gasteiger partial charge in [-0.1, -0.05) is 0 Å². The van der Waals surface area contributed by atoms with Crippen molar-refractivity contribution in [1.29, 1.82) is 5.26 Å². The molecule has 1 aromatic rings. The first kappa shape index (κ1) is 12.4. The zero-order valence-electron chi connectivity index (χ0n) is 9.91. The third-order valence-electron chi connectivity index (χ3n) is 3.20. The van der Waals surface area contributed by atoms with E-state index >= 15 is 0 Å². The number of hydrogen-bond acceptors (Lipinski definition) is 3. The van der Waals surface area contributed by atoms with E-state index in [4.69, 9.17) is 5.26 Å². The van der Waals surface area contributed by atoms with Crippen molar-refractivity contribution in [2.75, 3.05) is 31.6 Å². The highest BCUT2D eigenvalue weighted by Gasteiger charge is 2.23. The molecule has 1 aromatic carbocycles. The second-order valence-corrected chi connectivity index (χ2v) is 5.29. The van der Waals surface area contributed by atoms with Crippen molar-refractivity contribution in [2.45, 2.75) is 6.42 Å². The number of anilines is 1. The highest BCUT2D eigenvalue weighted by atomic mass is 79.9. The van der Waals surface area contributed by atoms with Crippen LogP contribution in [0.1, 0.15) is 12.0 Å². The Morgan fingerprint density at radius 2 is 2.41 bits per heavy atom. The number of nitriles is 1. The third kappa shape index (κ3) is 2.80. The fourth-order valence-corrected chi connectivity index (χ4v) is 2.97. The van der Waals surface area contributed by atoms with Crippen molar-refractivity contribution in [3.05, 3.63) is 28.2 Å². The van der Waals surface area contributed by atoms with Crippen LogP contribution in [0, 0.1) is 17.2 Å². The molecule has 1 aliphatic rings. The summed E-state index contributed by atoms with van der Waals surface area (Å²) in [5.41, 5.74) is 1.90. The molecular weight excluding hydrogens is 278 g/mol. The predicted molar refractivity (Wildman–Crippen MR) is 73.1 cm³/mol. The summed E-state index contributed by atoms with van der Waals surface area (Å²) < 4.78 is 1.02. The lowest BCUT2D eigenvalue weighted by atomic mass is 10.1. The Labute approximate surface area is 111 Å². The summed E-state index contributed by atoms with van der Waals surface area (Å²) in [6.45, 7) is 3.26. The molecule has 3 nitrogen and oxygen atoms in total. The van der Waals surface area contributed by atoms with Crippen LogP contribution in [-0.4, -0.2) is 26.7 Å². The number of halogens is 1. The molecule has 0 bridgehead atoms. The zero-order valence-corrected chi connectivity index (χ0v) is 11.5. The summed E-state index contributed by atoms with van der Waals surface area (Å²) in [6, 6.07) is 7.96. The number of nitrogens with zero attached hydrogens (tertiary/aromatic N) is 2. The van der Waals surface area contributed by atoms with Gasteiger partial charge < -0.3 is 10.2 Å². The van der Waals surface area contributed by atoms with E-state index in [-0.39, 0.29) is 0 Å². The maximum Gasteiger partial charge on any atom is 0.0992 e. The number of hydrogen-bond donors (Lipinski definition) is 1. The van der Waals surface area contributed by atoms with Crippen molar-refractivity contribution >= 4 is 21.6 Å². The monoisotopic (exact) mass is 293 g/mol. The van der Waals surface area contributed by atoms with E-state index in [1.165, 1.54) is 12.1 Å². The lowest BCUT2D eigenvalue weighted by Gasteiger charge is -2.20. The summed E-state index contributed by atoms with van der Waals surface area (Å²) in [7, 11) is 2.00. The van der Waals surface area contributed by atoms with E-state index in [9.17, 15) is 0 Å². The Morgan fingerprint density at radius 1 is 1.59 bits per heavy atom. The van der Waals surface area contributed by atoms with Gasteiger partial charge in [-0.25, -0.2) is 0 Å². The molecule has 1 N–H and O–H groups in total. The van der Waals surface area contributed by atoms with Crippen molar-refractivity contribution in [3.63, 3.8) is 0 Å². The first-order chi connectivity index (χ1) is 8.24. The molecule has 0 amide bonds. The van der Waals surface area contributed by atoms with Crippen molar-refractivity contribution in [3.8, 4) is 6.07 Å². The average Bonchev–Trinajstić information content (AvgIpc) is 2.78. The zero-order chi connectivity index (χ0) is 12.3. The molecule has 90 valence electrons. The second kappa shape index (κ2) is 5.52. The highest BCUT2D eigenvalue weighted by molar-refractivity contribution is 9.10. The number of benzene rings is 1. The van der Waals surface area contributed by atoms with Crippen LogP contribution in [0.4, 0.5) is 5.69 Å². The standard InChI is InChI=1S/C13H16BrN3/c1-16-8-11-4-5-17(9-11)13-3-2-10(7-15)6-12(13)14/h2-3,6,11,16H,4-5,8-9H2,1H3. The molecule has 0 radical (unpaired) electrons. The van der Waals surface area contributed by atoms with Gasteiger partial charge in [0.1, 0.15) is 0 Å². The van der Waals surface area contributed by atoms with Crippen molar-refractivity contribution in [2.24, 2.45) is 5.92 Å². The molecule has 0 aliphatic carbocycles. The predicted octanol–water partition coefficient (Wildman–Crippen LogP) is 2.37. The number of nitrogens with one attached hydrogen (secondary N) is 1. The molecule has 4 heteroatoms. The molecule has 1 heterocycles. The Kier molecular flexibility index (Phi) is 4.03. The van der Waals surface area contributed by atoms with Gasteiger partial charge in [-0.15, -0.1) is 0 Å². The van der Waals surface area contributed by atoms with E-state index in [1.54, 1.807) is 0 Å². The van der Waals surface area contributed by atoms with Gasteiger partial charge in [-0.2, -0.15) is 5.26 Å². The van der Waals surface area contributed by atoms with E-state index in [0.29, 0.717) is 5.56 Å². The third-order valence-corrected chi connectivity index (χ3v) is 3.83. The lowest BCUT2D eigenvalue weighted by molar-refractivity contribution is 0.549. The Bertz CT molecular complexity index is 439. The summed E-state index contributed by atoms with van der Waals surface area (Å²) in [5, 5.41) is 12.1. The van der Waals surface area contributed by atoms with Gasteiger partial charge in [0.2, 0.25) is 0 Å². The average molecular weight is 294 g/mol. The Morgan fingerprint density at radius 3 is 3.06 bits per heavy atom. The Hall–Kier alpha value is -1.05. The van der Waals surface area contributed by atoms with Gasteiger partial charge in [-0.3, -0.25) is 0 Å². The molecule has 0 saturated carbocycles. The van der Waals surface area contributed by atoms with E-state index in [0.717, 1.165) is 30.0 Å². The van der Waals surface area contributed by atoms with Crippen LogP contribution in [0.25, 0.3) is 0 Å². The summed E-state index contributed by atoms with van der Waals surface area (Å²) in [4.78, 5) is 2.38. The lowest BCUT2D eigenvalue weighted by Crippen LogP contribution is -2.24. The van der Waals surface area contributed by atoms with Crippen LogP contribution >= 0.6 is 15.9 Å². The van der Waals surface area contributed by atoms with Gasteiger partial charge in [0, 0.05) is 17.6 Å². The molecule has 17 heavy (non-hydrogen) atoms. The van der Waals surface area contributed by atoms with Gasteiger partial charge >= 0.3 is 0 Å². The first-order valence-corrected chi connectivity index (χ1v) is 6.63. The normalized spacial score (nSPS) is 19.4. The molecule has 1 aliphatic heterocycles. The summed E-state index contributed by atoms with van der Waals surface area (Å²) in [5.74, 6) is 0.725. The van der Waals surface area contributed by atoms with Crippen LogP contribution in [0.3, 0.4) is 0 Å². The molecule has 1 fully saturated rings. The maximum atomic E-state index is 8.84. The van der Waals surface area contributed by atoms with E-state index in [2.05, 4.69) is 32.2 Å². The van der Waals surface area contributed by atoms with Crippen LogP contribution < -0.4 is 10.2 Å². The van der Waals surface area contributed by atoms with Crippen LogP contribution in [0.5, 0.6) is 0 Å². The minimum absolute atomic E-state index is 0.701. The fourth-order valence-electron chi connectivity index (χ4n) is 2.34. The van der Waals surface area contributed by atoms with Gasteiger partial charge in [-0.05, 0) is 60.1 Å². The van der Waals surface area contributed by atoms with Crippen LogP contribution in [-0.2, 0) is 0 Å². The Balaban J connectivity index is 2.11. The topological polar surface area (TPSA) is 39.1 Å². The largest absolute Gasteiger partial charge is 0.370 e. The fraction of sp³-hybridized carbons (Fsp3) is 0.462. The number of rotatable bonds is 3. The summed E-state index contributed by atoms with van der Waals surface area (Å²) in [6.07, 6.45) is 1.23. The van der Waals surface area contributed by atoms with E-state index in [1.807, 2.05) is 25.2 Å². The molecule has 0 aromatic heterocycles. The SMILES string of the molecule is CNCC1CCN(c2ccc(C#N)cc2Br)C1. The molecule has 1 atom stereocenters. The maximum absolute atomic E-state index is 8.84.